The fourth-order valence-corrected chi connectivity index (χ4v) is 10.6. The Morgan fingerprint density at radius 3 is 2.69 bits per heavy atom. The highest BCUT2D eigenvalue weighted by Crippen LogP contribution is 2.47. The highest BCUT2D eigenvalue weighted by atomic mass is 35.5. The van der Waals surface area contributed by atoms with Crippen LogP contribution in [-0.2, 0) is 47.8 Å². The van der Waals surface area contributed by atoms with Gasteiger partial charge in [-0.3, -0.25) is 19.0 Å². The third kappa shape index (κ3) is 8.79. The average molecular weight is 834 g/mol. The molecule has 1 saturated carbocycles. The molecule has 12 nitrogen and oxygen atoms in total. The van der Waals surface area contributed by atoms with Crippen LogP contribution in [0, 0.1) is 18.8 Å². The van der Waals surface area contributed by atoms with E-state index < -0.39 is 27.3 Å². The molecule has 0 radical (unpaired) electrons. The predicted octanol–water partition coefficient (Wildman–Crippen LogP) is 7.66. The summed E-state index contributed by atoms with van der Waals surface area (Å²) in [4.78, 5) is 30.2. The Kier molecular flexibility index (Phi) is 12.6. The Bertz CT molecular complexity index is 2170. The number of fused-ring (bicyclic) bond motifs is 3. The molecule has 2 fully saturated rings. The quantitative estimate of drug-likeness (QED) is 0.172. The Balaban J connectivity index is 1.30. The van der Waals surface area contributed by atoms with Gasteiger partial charge in [-0.2, -0.15) is 5.10 Å². The van der Waals surface area contributed by atoms with Crippen LogP contribution in [0.15, 0.2) is 77.2 Å². The number of rotatable bonds is 13. The molecule has 3 heterocycles. The zero-order chi connectivity index (χ0) is 41.2. The number of hydrogen-bond acceptors (Lipinski definition) is 9. The molecule has 1 aromatic heterocycles. The number of ether oxygens (including phenoxy) is 4. The fraction of sp³-hybridized carbons (Fsp3) is 0.523. The van der Waals surface area contributed by atoms with E-state index in [0.29, 0.717) is 48.5 Å². The van der Waals surface area contributed by atoms with Gasteiger partial charge < -0.3 is 23.8 Å². The predicted molar refractivity (Wildman–Crippen MR) is 225 cm³/mol. The summed E-state index contributed by atoms with van der Waals surface area (Å²) in [6, 6.07) is 11.3. The minimum atomic E-state index is -3.96. The molecular weight excluding hydrogens is 778 g/mol. The van der Waals surface area contributed by atoms with Crippen LogP contribution in [0.25, 0.3) is 0 Å². The third-order valence-electron chi connectivity index (χ3n) is 12.1. The van der Waals surface area contributed by atoms with Crippen LogP contribution in [0.2, 0.25) is 5.02 Å². The van der Waals surface area contributed by atoms with E-state index in [4.69, 9.17) is 30.5 Å². The molecule has 3 aromatic rings. The van der Waals surface area contributed by atoms with Crippen molar-refractivity contribution < 1.29 is 32.7 Å². The zero-order valence-corrected chi connectivity index (χ0v) is 35.6. The highest BCUT2D eigenvalue weighted by Gasteiger charge is 2.45. The monoisotopic (exact) mass is 833 g/mol. The average Bonchev–Trinajstić information content (AvgIpc) is 3.46. The van der Waals surface area contributed by atoms with Crippen molar-refractivity contribution in [3.05, 3.63) is 95.3 Å². The second-order valence-corrected chi connectivity index (χ2v) is 19.0. The van der Waals surface area contributed by atoms with Crippen molar-refractivity contribution >= 4 is 39.0 Å². The van der Waals surface area contributed by atoms with E-state index in [-0.39, 0.29) is 46.7 Å². The van der Waals surface area contributed by atoms with Crippen LogP contribution in [0.3, 0.4) is 0 Å². The molecule has 6 atom stereocenters. The number of aromatic nitrogens is 2. The summed E-state index contributed by atoms with van der Waals surface area (Å²) >= 11 is 6.52. The van der Waals surface area contributed by atoms with Gasteiger partial charge in [-0.05, 0) is 125 Å². The number of hydrogen-bond donors (Lipinski definition) is 1. The molecule has 2 amide bonds. The van der Waals surface area contributed by atoms with Gasteiger partial charge in [0.2, 0.25) is 0 Å². The maximum Gasteiger partial charge on any atom is 0.287 e. The van der Waals surface area contributed by atoms with Gasteiger partial charge >= 0.3 is 0 Å². The van der Waals surface area contributed by atoms with E-state index in [0.717, 1.165) is 51.4 Å². The van der Waals surface area contributed by atoms with Crippen molar-refractivity contribution in [3.8, 4) is 5.75 Å². The number of carbonyl (C=O) groups is 2. The minimum absolute atomic E-state index is 0.0759. The third-order valence-corrected chi connectivity index (χ3v) is 14.2. The number of nitrogens with one attached hydrogen (secondary N) is 1. The van der Waals surface area contributed by atoms with E-state index in [1.165, 1.54) is 21.9 Å². The molecule has 312 valence electrons. The molecule has 2 aliphatic heterocycles. The standard InChI is InChI=1S/C44H56ClN5O7S/c1-7-21-56-43(4,5)42(52)48-58(53,47-41(51)35-26-49(6)46-29(35)3)33-16-19-39-37(24-33)50(25-31-14-17-34(31)38(8-2)57-40-13-9-10-22-54-40)27-44(28-55-39)20-11-12-30-23-32(45)15-18-36(30)44/h7-8,15-16,18-19,23-24,26,31,34,38,40H,1-2,9-14,17,20-22,25,27-28H2,3-6H3,(H,47,48,51,52,53)/t31-,34+,38?,40?,44-,58?/m0/s1. The highest BCUT2D eigenvalue weighted by molar-refractivity contribution is 7.92. The fourth-order valence-electron chi connectivity index (χ4n) is 8.82. The smallest absolute Gasteiger partial charge is 0.287 e. The lowest BCUT2D eigenvalue weighted by molar-refractivity contribution is -0.197. The van der Waals surface area contributed by atoms with Gasteiger partial charge in [-0.25, -0.2) is 4.21 Å². The first-order valence-corrected chi connectivity index (χ1v) is 22.2. The van der Waals surface area contributed by atoms with Gasteiger partial charge in [-0.1, -0.05) is 29.8 Å². The second kappa shape index (κ2) is 17.3. The molecule has 2 aromatic carbocycles. The van der Waals surface area contributed by atoms with E-state index in [1.807, 2.05) is 12.1 Å². The summed E-state index contributed by atoms with van der Waals surface area (Å²) in [5.41, 5.74) is 1.99. The van der Waals surface area contributed by atoms with E-state index in [2.05, 4.69) is 44.4 Å². The van der Waals surface area contributed by atoms with E-state index in [1.54, 1.807) is 52.2 Å². The van der Waals surface area contributed by atoms with Crippen LogP contribution in [0.5, 0.6) is 5.75 Å². The minimum Gasteiger partial charge on any atom is -0.490 e. The number of benzene rings is 2. The van der Waals surface area contributed by atoms with Crippen LogP contribution >= 0.6 is 11.6 Å². The van der Waals surface area contributed by atoms with Crippen molar-refractivity contribution in [1.82, 2.24) is 14.5 Å². The molecule has 4 aliphatic rings. The van der Waals surface area contributed by atoms with Crippen LogP contribution < -0.4 is 14.4 Å². The first-order valence-electron chi connectivity index (χ1n) is 20.3. The molecule has 14 heteroatoms. The number of halogens is 1. The van der Waals surface area contributed by atoms with Gasteiger partial charge in [0.15, 0.2) is 16.2 Å². The number of carbonyl (C=O) groups excluding carboxylic acids is 2. The topological polar surface area (TPSA) is 134 Å². The number of amides is 2. The van der Waals surface area contributed by atoms with Crippen molar-refractivity contribution in [1.29, 1.82) is 0 Å². The summed E-state index contributed by atoms with van der Waals surface area (Å²) in [6.07, 6.45) is 12.4. The van der Waals surface area contributed by atoms with E-state index >= 15 is 4.21 Å². The summed E-state index contributed by atoms with van der Waals surface area (Å²) in [5, 5.41) is 5.00. The summed E-state index contributed by atoms with van der Waals surface area (Å²) in [7, 11) is -2.27. The van der Waals surface area contributed by atoms with Crippen molar-refractivity contribution in [2.75, 3.05) is 37.8 Å². The van der Waals surface area contributed by atoms with E-state index in [9.17, 15) is 9.59 Å². The largest absolute Gasteiger partial charge is 0.490 e. The first kappa shape index (κ1) is 42.1. The van der Waals surface area contributed by atoms with Gasteiger partial charge in [-0.15, -0.1) is 17.5 Å². The van der Waals surface area contributed by atoms with Crippen molar-refractivity contribution in [3.63, 3.8) is 0 Å². The Hall–Kier alpha value is -4.01. The number of anilines is 1. The normalized spacial score (nSPS) is 24.5. The molecule has 3 unspecified atom stereocenters. The molecule has 58 heavy (non-hydrogen) atoms. The zero-order valence-electron chi connectivity index (χ0n) is 34.0. The lowest BCUT2D eigenvalue weighted by Gasteiger charge is -2.46. The Labute approximate surface area is 347 Å². The molecule has 0 bridgehead atoms. The SMILES string of the molecule is C=CCOC(C)(C)C(=O)N=S(=O)(NC(=O)c1cn(C)nc1C)c1ccc2c(c1)N(C[C@@H]1CC[C@H]1C(C=C)OC1CCCCO1)C[C@@]1(CCCc3cc(Cl)ccc31)CO2. The molecule has 1 N–H and O–H groups in total. The maximum absolute atomic E-state index is 15.3. The first-order chi connectivity index (χ1) is 27.7. The van der Waals surface area contributed by atoms with Crippen molar-refractivity contribution in [2.24, 2.45) is 23.2 Å². The Morgan fingerprint density at radius 2 is 2.00 bits per heavy atom. The molecule has 7 rings (SSSR count). The van der Waals surface area contributed by atoms with Crippen LogP contribution in [-0.4, -0.2) is 76.7 Å². The lowest BCUT2D eigenvalue weighted by Crippen LogP contribution is -2.50. The summed E-state index contributed by atoms with van der Waals surface area (Å²) < 4.78 is 48.7. The van der Waals surface area contributed by atoms with Gasteiger partial charge in [0.25, 0.3) is 11.8 Å². The molecular formula is C44H56ClN5O7S. The number of nitrogens with zero attached hydrogens (tertiary/aromatic N) is 4. The summed E-state index contributed by atoms with van der Waals surface area (Å²) in [5.74, 6) is -0.383. The Morgan fingerprint density at radius 1 is 1.17 bits per heavy atom. The lowest BCUT2D eigenvalue weighted by atomic mass is 9.68. The number of aryl methyl sites for hydroxylation is 3. The van der Waals surface area contributed by atoms with Gasteiger partial charge in [0.1, 0.15) is 11.4 Å². The van der Waals surface area contributed by atoms with Gasteiger partial charge in [0, 0.05) is 43.4 Å². The molecule has 2 aliphatic carbocycles. The van der Waals surface area contributed by atoms with Crippen LogP contribution in [0.1, 0.15) is 86.0 Å². The summed E-state index contributed by atoms with van der Waals surface area (Å²) in [6.45, 7) is 15.1. The van der Waals surface area contributed by atoms with Crippen molar-refractivity contribution in [2.45, 2.75) is 100 Å². The maximum atomic E-state index is 15.3. The van der Waals surface area contributed by atoms with Crippen LogP contribution in [0.4, 0.5) is 5.69 Å². The molecule has 1 saturated heterocycles. The second-order valence-electron chi connectivity index (χ2n) is 16.6. The van der Waals surface area contributed by atoms with Gasteiger partial charge in [0.05, 0.1) is 41.2 Å². The molecule has 1 spiro atoms.